The van der Waals surface area contributed by atoms with Crippen LogP contribution in [-0.4, -0.2) is 49.2 Å². The van der Waals surface area contributed by atoms with Gasteiger partial charge in [0.2, 0.25) is 5.91 Å². The molecule has 7 nitrogen and oxygen atoms in total. The van der Waals surface area contributed by atoms with Gasteiger partial charge in [-0.25, -0.2) is 4.79 Å². The first-order valence-electron chi connectivity index (χ1n) is 11.8. The topological polar surface area (TPSA) is 79.9 Å². The quantitative estimate of drug-likeness (QED) is 0.754. The minimum Gasteiger partial charge on any atom is -0.486 e. The van der Waals surface area contributed by atoms with E-state index in [1.54, 1.807) is 0 Å². The molecule has 1 saturated heterocycles. The average Bonchev–Trinajstić information content (AvgIpc) is 3.50. The Morgan fingerprint density at radius 3 is 2.74 bits per heavy atom. The highest BCUT2D eigenvalue weighted by Gasteiger charge is 2.42. The second kappa shape index (κ2) is 8.69. The number of nitrogens with one attached hydrogen (secondary N) is 2. The van der Waals surface area contributed by atoms with E-state index in [0.717, 1.165) is 48.3 Å². The van der Waals surface area contributed by atoms with E-state index in [-0.39, 0.29) is 30.6 Å². The molecule has 1 aromatic rings. The smallest absolute Gasteiger partial charge is 0.321 e. The molecule has 3 fully saturated rings. The van der Waals surface area contributed by atoms with Crippen molar-refractivity contribution in [2.24, 2.45) is 17.8 Å². The van der Waals surface area contributed by atoms with Crippen LogP contribution in [0.4, 0.5) is 4.79 Å². The van der Waals surface area contributed by atoms with Crippen LogP contribution in [-0.2, 0) is 4.79 Å². The van der Waals surface area contributed by atoms with E-state index in [0.29, 0.717) is 19.1 Å². The van der Waals surface area contributed by atoms with E-state index in [9.17, 15) is 9.59 Å². The van der Waals surface area contributed by atoms with E-state index in [1.807, 2.05) is 12.1 Å². The molecule has 5 atom stereocenters. The number of imide groups is 1. The first-order chi connectivity index (χ1) is 15.1. The van der Waals surface area contributed by atoms with E-state index in [1.165, 1.54) is 25.7 Å². The Labute approximate surface area is 183 Å². The monoisotopic (exact) mass is 427 g/mol. The van der Waals surface area contributed by atoms with Gasteiger partial charge in [-0.3, -0.25) is 15.0 Å². The molecule has 2 saturated carbocycles. The Bertz CT molecular complexity index is 844. The number of likely N-dealkylation sites (tertiary alicyclic amines) is 1. The number of rotatable bonds is 5. The van der Waals surface area contributed by atoms with Gasteiger partial charge in [0.25, 0.3) is 0 Å². The van der Waals surface area contributed by atoms with Crippen LogP contribution in [0.3, 0.4) is 0 Å². The van der Waals surface area contributed by atoms with Gasteiger partial charge < -0.3 is 14.8 Å². The largest absolute Gasteiger partial charge is 0.486 e. The van der Waals surface area contributed by atoms with Crippen molar-refractivity contribution in [1.82, 2.24) is 15.5 Å². The van der Waals surface area contributed by atoms with Gasteiger partial charge >= 0.3 is 6.03 Å². The summed E-state index contributed by atoms with van der Waals surface area (Å²) >= 11 is 0. The maximum atomic E-state index is 12.6. The molecule has 3 amide bonds. The van der Waals surface area contributed by atoms with Gasteiger partial charge in [0.15, 0.2) is 11.5 Å². The number of fused-ring (bicyclic) bond motifs is 3. The van der Waals surface area contributed by atoms with Crippen molar-refractivity contribution in [2.75, 3.05) is 26.3 Å². The minimum absolute atomic E-state index is 0.111. The summed E-state index contributed by atoms with van der Waals surface area (Å²) in [4.78, 5) is 27.2. The van der Waals surface area contributed by atoms with Crippen LogP contribution < -0.4 is 20.1 Å². The number of hydrogen-bond acceptors (Lipinski definition) is 5. The predicted molar refractivity (Wildman–Crippen MR) is 116 cm³/mol. The predicted octanol–water partition coefficient (Wildman–Crippen LogP) is 3.25. The molecular weight excluding hydrogens is 394 g/mol. The zero-order valence-corrected chi connectivity index (χ0v) is 18.3. The van der Waals surface area contributed by atoms with Gasteiger partial charge in [0.1, 0.15) is 13.2 Å². The molecule has 0 spiro atoms. The highest BCUT2D eigenvalue weighted by molar-refractivity contribution is 5.95. The summed E-state index contributed by atoms with van der Waals surface area (Å²) in [5, 5.41) is 5.57. The average molecular weight is 428 g/mol. The maximum absolute atomic E-state index is 12.6. The Morgan fingerprint density at radius 1 is 1.13 bits per heavy atom. The summed E-state index contributed by atoms with van der Waals surface area (Å²) < 4.78 is 11.3. The summed E-state index contributed by atoms with van der Waals surface area (Å²) in [6, 6.07) is 5.93. The van der Waals surface area contributed by atoms with Crippen LogP contribution in [0, 0.1) is 17.8 Å². The molecule has 5 rings (SSSR count). The number of carbonyl (C=O) groups excluding carboxylic acids is 2. The van der Waals surface area contributed by atoms with Crippen molar-refractivity contribution < 1.29 is 19.1 Å². The molecule has 2 aliphatic heterocycles. The maximum Gasteiger partial charge on any atom is 0.321 e. The number of hydrogen-bond donors (Lipinski definition) is 2. The van der Waals surface area contributed by atoms with Gasteiger partial charge in [-0.05, 0) is 81.0 Å². The number of urea groups is 1. The summed E-state index contributed by atoms with van der Waals surface area (Å²) in [7, 11) is 0. The van der Waals surface area contributed by atoms with Crippen molar-refractivity contribution in [1.29, 1.82) is 0 Å². The number of nitrogens with zero attached hydrogens (tertiary/aromatic N) is 1. The molecule has 168 valence electrons. The molecular formula is C24H33N3O4. The Balaban J connectivity index is 1.14. The standard InChI is InChI=1S/C24H33N3O4/c1-15(19-12-16-4-5-17(19)11-16)25-24(29)26-23(28)14-27-8-2-3-20(27)18-6-7-21-22(13-18)31-10-9-30-21/h6-7,13,15-17,19-20H,2-5,8-12,14H2,1H3,(H2,25,26,28,29). The van der Waals surface area contributed by atoms with Crippen molar-refractivity contribution in [3.63, 3.8) is 0 Å². The second-order valence-electron chi connectivity index (χ2n) is 9.68. The second-order valence-corrected chi connectivity index (χ2v) is 9.68. The Hall–Kier alpha value is -2.28. The number of ether oxygens (including phenoxy) is 2. The van der Waals surface area contributed by atoms with Crippen LogP contribution in [0.15, 0.2) is 18.2 Å². The molecule has 31 heavy (non-hydrogen) atoms. The third-order valence-electron chi connectivity index (χ3n) is 7.71. The highest BCUT2D eigenvalue weighted by atomic mass is 16.6. The lowest BCUT2D eigenvalue weighted by Crippen LogP contribution is -2.49. The third-order valence-corrected chi connectivity index (χ3v) is 7.71. The number of benzene rings is 1. The molecule has 2 bridgehead atoms. The lowest BCUT2D eigenvalue weighted by molar-refractivity contribution is -0.121. The lowest BCUT2D eigenvalue weighted by atomic mass is 9.84. The summed E-state index contributed by atoms with van der Waals surface area (Å²) in [6.07, 6.45) is 7.18. The molecule has 0 aromatic heterocycles. The molecule has 7 heteroatoms. The van der Waals surface area contributed by atoms with E-state index >= 15 is 0 Å². The Kier molecular flexibility index (Phi) is 5.78. The normalized spacial score (nSPS) is 30.2. The highest BCUT2D eigenvalue weighted by Crippen LogP contribution is 2.49. The first kappa shape index (κ1) is 20.6. The van der Waals surface area contributed by atoms with Gasteiger partial charge in [0, 0.05) is 12.1 Å². The van der Waals surface area contributed by atoms with Gasteiger partial charge in [-0.2, -0.15) is 0 Å². The van der Waals surface area contributed by atoms with Gasteiger partial charge in [-0.15, -0.1) is 0 Å². The third kappa shape index (κ3) is 4.38. The van der Waals surface area contributed by atoms with Crippen LogP contribution in [0.25, 0.3) is 0 Å². The number of amides is 3. The van der Waals surface area contributed by atoms with Crippen LogP contribution >= 0.6 is 0 Å². The molecule has 5 unspecified atom stereocenters. The summed E-state index contributed by atoms with van der Waals surface area (Å²) in [5.74, 6) is 3.44. The minimum atomic E-state index is -0.365. The number of carbonyl (C=O) groups is 2. The molecule has 4 aliphatic rings. The van der Waals surface area contributed by atoms with Crippen molar-refractivity contribution >= 4 is 11.9 Å². The molecule has 1 aromatic carbocycles. The van der Waals surface area contributed by atoms with Crippen molar-refractivity contribution in [3.8, 4) is 11.5 Å². The first-order valence-corrected chi connectivity index (χ1v) is 11.8. The van der Waals surface area contributed by atoms with E-state index in [4.69, 9.17) is 9.47 Å². The molecule has 2 heterocycles. The Morgan fingerprint density at radius 2 is 1.97 bits per heavy atom. The van der Waals surface area contributed by atoms with Crippen LogP contribution in [0.2, 0.25) is 0 Å². The molecule has 2 aliphatic carbocycles. The van der Waals surface area contributed by atoms with E-state index in [2.05, 4.69) is 28.5 Å². The van der Waals surface area contributed by atoms with Crippen molar-refractivity contribution in [3.05, 3.63) is 23.8 Å². The summed E-state index contributed by atoms with van der Waals surface area (Å²) in [5.41, 5.74) is 1.13. The van der Waals surface area contributed by atoms with Crippen LogP contribution in [0.5, 0.6) is 11.5 Å². The van der Waals surface area contributed by atoms with Gasteiger partial charge in [-0.1, -0.05) is 12.5 Å². The van der Waals surface area contributed by atoms with Crippen molar-refractivity contribution in [2.45, 2.75) is 57.5 Å². The van der Waals surface area contributed by atoms with Crippen LogP contribution in [0.1, 0.15) is 57.1 Å². The zero-order chi connectivity index (χ0) is 21.4. The fourth-order valence-electron chi connectivity index (χ4n) is 6.27. The fourth-order valence-corrected chi connectivity index (χ4v) is 6.27. The SMILES string of the molecule is CC(NC(=O)NC(=O)CN1CCCC1c1ccc2c(c1)OCCO2)C1CC2CCC1C2. The van der Waals surface area contributed by atoms with Gasteiger partial charge in [0.05, 0.1) is 6.54 Å². The lowest BCUT2D eigenvalue weighted by Gasteiger charge is -2.29. The zero-order valence-electron chi connectivity index (χ0n) is 18.3. The summed E-state index contributed by atoms with van der Waals surface area (Å²) in [6.45, 7) is 4.27. The molecule has 2 N–H and O–H groups in total. The fraction of sp³-hybridized carbons (Fsp3) is 0.667. The van der Waals surface area contributed by atoms with E-state index < -0.39 is 0 Å². The molecule has 0 radical (unpaired) electrons.